The monoisotopic (exact) mass is 250 g/mol. The maximum atomic E-state index is 11.2. The maximum absolute atomic E-state index is 11.2. The highest BCUT2D eigenvalue weighted by Crippen LogP contribution is 2.29. The van der Waals surface area contributed by atoms with Gasteiger partial charge in [0.25, 0.3) is 0 Å². The molecule has 1 aromatic rings. The van der Waals surface area contributed by atoms with E-state index in [4.69, 9.17) is 4.74 Å². The molecular formula is C13H18N2O3. The molecule has 1 aliphatic heterocycles. The zero-order chi connectivity index (χ0) is 13.1. The van der Waals surface area contributed by atoms with Crippen LogP contribution in [0.15, 0.2) is 18.2 Å². The van der Waals surface area contributed by atoms with Gasteiger partial charge in [0.2, 0.25) is 0 Å². The topological polar surface area (TPSA) is 70.6 Å². The van der Waals surface area contributed by atoms with Crippen molar-refractivity contribution in [3.05, 3.63) is 29.3 Å². The molecule has 2 atom stereocenters. The summed E-state index contributed by atoms with van der Waals surface area (Å²) < 4.78 is 5.45. The molecule has 1 heterocycles. The van der Waals surface area contributed by atoms with Crippen molar-refractivity contribution >= 4 is 5.97 Å². The Morgan fingerprint density at radius 1 is 1.39 bits per heavy atom. The second kappa shape index (κ2) is 5.37. The summed E-state index contributed by atoms with van der Waals surface area (Å²) in [5.74, 6) is 0.0403. The number of likely N-dealkylation sites (N-methyl/N-ethyl adjacent to an activating group) is 2. The van der Waals surface area contributed by atoms with Crippen LogP contribution in [0.1, 0.15) is 17.2 Å². The van der Waals surface area contributed by atoms with Gasteiger partial charge in [0.15, 0.2) is 0 Å². The molecule has 5 nitrogen and oxygen atoms in total. The third kappa shape index (κ3) is 2.32. The molecule has 1 aromatic carbocycles. The zero-order valence-electron chi connectivity index (χ0n) is 10.6. The minimum absolute atomic E-state index is 0.265. The molecule has 0 aliphatic carbocycles. The lowest BCUT2D eigenvalue weighted by atomic mass is 9.97. The van der Waals surface area contributed by atoms with Gasteiger partial charge >= 0.3 is 5.97 Å². The van der Waals surface area contributed by atoms with Crippen molar-refractivity contribution in [1.82, 2.24) is 10.6 Å². The van der Waals surface area contributed by atoms with E-state index in [0.717, 1.165) is 23.3 Å². The predicted octanol–water partition coefficient (Wildman–Crippen LogP) is 0.555. The largest absolute Gasteiger partial charge is 0.493 e. The first-order valence-electron chi connectivity index (χ1n) is 6.00. The van der Waals surface area contributed by atoms with E-state index in [9.17, 15) is 9.90 Å². The predicted molar refractivity (Wildman–Crippen MR) is 67.9 cm³/mol. The van der Waals surface area contributed by atoms with Gasteiger partial charge in [0.1, 0.15) is 11.8 Å². The maximum Gasteiger partial charge on any atom is 0.322 e. The molecule has 2 unspecified atom stereocenters. The molecule has 18 heavy (non-hydrogen) atoms. The average Bonchev–Trinajstić information content (AvgIpc) is 2.82. The van der Waals surface area contributed by atoms with Crippen LogP contribution in [-0.4, -0.2) is 37.8 Å². The van der Waals surface area contributed by atoms with Crippen molar-refractivity contribution in [3.8, 4) is 5.75 Å². The molecule has 0 radical (unpaired) electrons. The fraction of sp³-hybridized carbons (Fsp3) is 0.462. The summed E-state index contributed by atoms with van der Waals surface area (Å²) in [6.07, 6.45) is 0.886. The van der Waals surface area contributed by atoms with Crippen LogP contribution >= 0.6 is 0 Å². The van der Waals surface area contributed by atoms with Crippen LogP contribution < -0.4 is 15.4 Å². The number of hydrogen-bond acceptors (Lipinski definition) is 4. The van der Waals surface area contributed by atoms with Crippen LogP contribution in [0, 0.1) is 0 Å². The summed E-state index contributed by atoms with van der Waals surface area (Å²) in [5, 5.41) is 15.1. The molecular weight excluding hydrogens is 232 g/mol. The number of ether oxygens (including phenoxy) is 1. The van der Waals surface area contributed by atoms with Crippen LogP contribution in [0.3, 0.4) is 0 Å². The van der Waals surface area contributed by atoms with Crippen molar-refractivity contribution in [2.75, 3.05) is 20.7 Å². The summed E-state index contributed by atoms with van der Waals surface area (Å²) >= 11 is 0. The molecule has 0 amide bonds. The third-order valence-corrected chi connectivity index (χ3v) is 3.29. The Balaban J connectivity index is 2.29. The Hall–Kier alpha value is -1.59. The van der Waals surface area contributed by atoms with Crippen LogP contribution in [0.2, 0.25) is 0 Å². The number of aliphatic carboxylic acids is 1. The lowest BCUT2D eigenvalue weighted by molar-refractivity contribution is -0.140. The molecule has 0 saturated carbocycles. The summed E-state index contributed by atoms with van der Waals surface area (Å²) in [4.78, 5) is 11.2. The Morgan fingerprint density at radius 2 is 2.17 bits per heavy atom. The van der Waals surface area contributed by atoms with Crippen LogP contribution in [-0.2, 0) is 11.2 Å². The van der Waals surface area contributed by atoms with Gasteiger partial charge in [-0.25, -0.2) is 0 Å². The van der Waals surface area contributed by atoms with E-state index in [1.165, 1.54) is 0 Å². The molecule has 0 saturated heterocycles. The van der Waals surface area contributed by atoms with Crippen LogP contribution in [0.25, 0.3) is 0 Å². The first-order valence-corrected chi connectivity index (χ1v) is 6.00. The second-order valence-corrected chi connectivity index (χ2v) is 4.34. The molecule has 0 fully saturated rings. The first kappa shape index (κ1) is 12.9. The molecule has 2 rings (SSSR count). The summed E-state index contributed by atoms with van der Waals surface area (Å²) in [5.41, 5.74) is 2.11. The molecule has 1 aliphatic rings. The van der Waals surface area contributed by atoms with Crippen molar-refractivity contribution < 1.29 is 14.6 Å². The Morgan fingerprint density at radius 3 is 2.78 bits per heavy atom. The average molecular weight is 250 g/mol. The standard InChI is InChI=1S/C13H18N2O3/c1-14-11(12(15-2)13(16)17)9-3-4-10-8(7-9)5-6-18-10/h3-4,7,11-12,14-15H,5-6H2,1-2H3,(H,16,17). The van der Waals surface area contributed by atoms with E-state index in [1.807, 2.05) is 18.2 Å². The number of carboxylic acids is 1. The van der Waals surface area contributed by atoms with Gasteiger partial charge in [-0.1, -0.05) is 12.1 Å². The fourth-order valence-electron chi connectivity index (χ4n) is 2.36. The van der Waals surface area contributed by atoms with Crippen LogP contribution in [0.4, 0.5) is 0 Å². The number of rotatable bonds is 5. The van der Waals surface area contributed by atoms with E-state index < -0.39 is 12.0 Å². The smallest absolute Gasteiger partial charge is 0.322 e. The van der Waals surface area contributed by atoms with E-state index in [1.54, 1.807) is 14.1 Å². The molecule has 98 valence electrons. The minimum Gasteiger partial charge on any atom is -0.493 e. The Kier molecular flexibility index (Phi) is 3.84. The number of benzene rings is 1. The Bertz CT molecular complexity index is 448. The highest BCUT2D eigenvalue weighted by atomic mass is 16.5. The summed E-state index contributed by atoms with van der Waals surface area (Å²) in [7, 11) is 3.42. The van der Waals surface area contributed by atoms with E-state index in [0.29, 0.717) is 6.61 Å². The van der Waals surface area contributed by atoms with Gasteiger partial charge in [-0.15, -0.1) is 0 Å². The lowest BCUT2D eigenvalue weighted by Gasteiger charge is -2.24. The second-order valence-electron chi connectivity index (χ2n) is 4.34. The summed E-state index contributed by atoms with van der Waals surface area (Å²) in [6, 6.07) is 4.93. The van der Waals surface area contributed by atoms with Gasteiger partial charge in [0, 0.05) is 6.42 Å². The van der Waals surface area contributed by atoms with Gasteiger partial charge < -0.3 is 20.5 Å². The number of fused-ring (bicyclic) bond motifs is 1. The van der Waals surface area contributed by atoms with Crippen molar-refractivity contribution in [3.63, 3.8) is 0 Å². The van der Waals surface area contributed by atoms with Gasteiger partial charge in [0.05, 0.1) is 12.6 Å². The lowest BCUT2D eigenvalue weighted by Crippen LogP contribution is -2.44. The minimum atomic E-state index is -0.867. The molecule has 3 N–H and O–H groups in total. The van der Waals surface area contributed by atoms with Crippen molar-refractivity contribution in [1.29, 1.82) is 0 Å². The number of carboxylic acid groups (broad SMARTS) is 1. The number of carbonyl (C=O) groups is 1. The fourth-order valence-corrected chi connectivity index (χ4v) is 2.36. The van der Waals surface area contributed by atoms with Gasteiger partial charge in [-0.2, -0.15) is 0 Å². The van der Waals surface area contributed by atoms with Crippen LogP contribution in [0.5, 0.6) is 5.75 Å². The number of hydrogen-bond donors (Lipinski definition) is 3. The molecule has 0 spiro atoms. The molecule has 0 aromatic heterocycles. The highest BCUT2D eigenvalue weighted by molar-refractivity contribution is 5.75. The van der Waals surface area contributed by atoms with E-state index in [-0.39, 0.29) is 6.04 Å². The summed E-state index contributed by atoms with van der Waals surface area (Å²) in [6.45, 7) is 0.706. The van der Waals surface area contributed by atoms with Gasteiger partial charge in [-0.05, 0) is 31.3 Å². The normalized spacial score (nSPS) is 16.8. The highest BCUT2D eigenvalue weighted by Gasteiger charge is 2.27. The third-order valence-electron chi connectivity index (χ3n) is 3.29. The SMILES string of the molecule is CNC(C(=O)O)C(NC)c1ccc2c(c1)CCO2. The zero-order valence-corrected chi connectivity index (χ0v) is 10.6. The molecule has 0 bridgehead atoms. The first-order chi connectivity index (χ1) is 8.67. The quantitative estimate of drug-likeness (QED) is 0.712. The Labute approximate surface area is 106 Å². The van der Waals surface area contributed by atoms with E-state index >= 15 is 0 Å². The van der Waals surface area contributed by atoms with Gasteiger partial charge in [-0.3, -0.25) is 4.79 Å². The molecule has 5 heteroatoms. The van der Waals surface area contributed by atoms with Crippen molar-refractivity contribution in [2.24, 2.45) is 0 Å². The van der Waals surface area contributed by atoms with E-state index in [2.05, 4.69) is 10.6 Å². The number of nitrogens with one attached hydrogen (secondary N) is 2. The van der Waals surface area contributed by atoms with Crippen molar-refractivity contribution in [2.45, 2.75) is 18.5 Å².